The SMILES string of the molecule is COC(=O)C(CSc1ccccc1)N1CC(NC(=O)C(N=O)c2ccccc2)C1=O. The van der Waals surface area contributed by atoms with Crippen molar-refractivity contribution < 1.29 is 19.1 Å². The fourth-order valence-corrected chi connectivity index (χ4v) is 4.12. The van der Waals surface area contributed by atoms with Crippen LogP contribution in [0.25, 0.3) is 0 Å². The molecular weight excluding hydrogens is 406 g/mol. The number of hydrogen-bond acceptors (Lipinski definition) is 7. The fourth-order valence-electron chi connectivity index (χ4n) is 3.10. The highest BCUT2D eigenvalue weighted by Crippen LogP contribution is 2.25. The quantitative estimate of drug-likeness (QED) is 0.285. The summed E-state index contributed by atoms with van der Waals surface area (Å²) in [5.74, 6) is -1.24. The average Bonchev–Trinajstić information content (AvgIpc) is 2.79. The van der Waals surface area contributed by atoms with Crippen LogP contribution in [-0.2, 0) is 19.1 Å². The zero-order valence-electron chi connectivity index (χ0n) is 16.3. The molecular formula is C21H21N3O5S. The molecule has 0 spiro atoms. The predicted octanol–water partition coefficient (Wildman–Crippen LogP) is 2.16. The number of nitroso groups, excluding NO2 is 1. The third kappa shape index (κ3) is 4.85. The second-order valence-corrected chi connectivity index (χ2v) is 7.73. The number of rotatable bonds is 9. The summed E-state index contributed by atoms with van der Waals surface area (Å²) < 4.78 is 4.85. The van der Waals surface area contributed by atoms with Gasteiger partial charge in [-0.25, -0.2) is 4.79 Å². The number of β-lactam (4-membered cyclic amide) rings is 1. The molecule has 156 valence electrons. The molecule has 1 N–H and O–H groups in total. The van der Waals surface area contributed by atoms with Crippen LogP contribution >= 0.6 is 11.8 Å². The number of amides is 2. The van der Waals surface area contributed by atoms with Crippen LogP contribution in [0.1, 0.15) is 11.6 Å². The van der Waals surface area contributed by atoms with Gasteiger partial charge in [-0.3, -0.25) is 9.59 Å². The van der Waals surface area contributed by atoms with Crippen molar-refractivity contribution in [2.75, 3.05) is 19.4 Å². The number of thioether (sulfide) groups is 1. The van der Waals surface area contributed by atoms with Gasteiger partial charge in [-0.15, -0.1) is 16.7 Å². The molecule has 1 saturated heterocycles. The highest BCUT2D eigenvalue weighted by atomic mass is 32.2. The molecule has 8 nitrogen and oxygen atoms in total. The first-order valence-electron chi connectivity index (χ1n) is 9.29. The van der Waals surface area contributed by atoms with Crippen LogP contribution in [0.2, 0.25) is 0 Å². The molecule has 1 aliphatic rings. The molecule has 0 bridgehead atoms. The maximum Gasteiger partial charge on any atom is 0.329 e. The van der Waals surface area contributed by atoms with Gasteiger partial charge in [0.15, 0.2) is 6.04 Å². The Bertz CT molecular complexity index is 909. The Balaban J connectivity index is 1.60. The van der Waals surface area contributed by atoms with Crippen molar-refractivity contribution in [1.29, 1.82) is 0 Å². The van der Waals surface area contributed by atoms with E-state index in [0.717, 1.165) is 4.90 Å². The number of nitrogens with one attached hydrogen (secondary N) is 1. The minimum Gasteiger partial charge on any atom is -0.467 e. The van der Waals surface area contributed by atoms with Gasteiger partial charge in [-0.2, -0.15) is 0 Å². The van der Waals surface area contributed by atoms with Gasteiger partial charge in [0.05, 0.1) is 13.7 Å². The number of hydrogen-bond donors (Lipinski definition) is 1. The standard InChI is InChI=1S/C21H21N3O5S/c1-29-21(27)17(13-30-15-10-6-3-7-11-15)24-12-16(20(24)26)22-19(25)18(23-28)14-8-4-2-5-9-14/h2-11,16-18H,12-13H2,1H3,(H,22,25). The van der Waals surface area contributed by atoms with E-state index in [1.54, 1.807) is 30.3 Å². The van der Waals surface area contributed by atoms with E-state index in [2.05, 4.69) is 10.5 Å². The molecule has 0 aliphatic carbocycles. The van der Waals surface area contributed by atoms with E-state index in [-0.39, 0.29) is 6.54 Å². The highest BCUT2D eigenvalue weighted by Gasteiger charge is 2.45. The lowest BCUT2D eigenvalue weighted by Gasteiger charge is -2.42. The summed E-state index contributed by atoms with van der Waals surface area (Å²) >= 11 is 1.43. The molecule has 3 atom stereocenters. The summed E-state index contributed by atoms with van der Waals surface area (Å²) in [5.41, 5.74) is 0.445. The molecule has 2 amide bonds. The van der Waals surface area contributed by atoms with Gasteiger partial charge < -0.3 is 15.0 Å². The maximum atomic E-state index is 12.6. The monoisotopic (exact) mass is 427 g/mol. The van der Waals surface area contributed by atoms with E-state index in [9.17, 15) is 19.3 Å². The maximum absolute atomic E-state index is 12.6. The minimum atomic E-state index is -1.24. The Hall–Kier alpha value is -3.20. The van der Waals surface area contributed by atoms with Gasteiger partial charge in [0.1, 0.15) is 12.1 Å². The van der Waals surface area contributed by atoms with Crippen LogP contribution in [0, 0.1) is 4.91 Å². The molecule has 1 heterocycles. The number of likely N-dealkylation sites (tertiary alicyclic amines) is 1. The van der Waals surface area contributed by atoms with Crippen LogP contribution in [0.4, 0.5) is 0 Å². The van der Waals surface area contributed by atoms with Crippen LogP contribution in [0.3, 0.4) is 0 Å². The zero-order valence-corrected chi connectivity index (χ0v) is 17.1. The van der Waals surface area contributed by atoms with E-state index in [1.807, 2.05) is 30.3 Å². The predicted molar refractivity (Wildman–Crippen MR) is 112 cm³/mol. The number of ether oxygens (including phenoxy) is 1. The van der Waals surface area contributed by atoms with Crippen molar-refractivity contribution in [2.24, 2.45) is 5.18 Å². The number of carbonyl (C=O) groups excluding carboxylic acids is 3. The Labute approximate surface area is 177 Å². The van der Waals surface area contributed by atoms with E-state index in [1.165, 1.54) is 23.8 Å². The Morgan fingerprint density at radius 2 is 1.80 bits per heavy atom. The summed E-state index contributed by atoms with van der Waals surface area (Å²) in [7, 11) is 1.27. The summed E-state index contributed by atoms with van der Waals surface area (Å²) in [5, 5.41) is 5.44. The van der Waals surface area contributed by atoms with Gasteiger partial charge in [0.2, 0.25) is 5.91 Å². The lowest BCUT2D eigenvalue weighted by Crippen LogP contribution is -2.68. The van der Waals surface area contributed by atoms with Gasteiger partial charge in [0.25, 0.3) is 5.91 Å². The van der Waals surface area contributed by atoms with Crippen molar-refractivity contribution in [1.82, 2.24) is 10.2 Å². The Morgan fingerprint density at radius 3 is 2.37 bits per heavy atom. The van der Waals surface area contributed by atoms with Crippen LogP contribution in [0.5, 0.6) is 0 Å². The summed E-state index contributed by atoms with van der Waals surface area (Å²) in [6.45, 7) is 0.153. The number of methoxy groups -OCH3 is 1. The molecule has 3 rings (SSSR count). The van der Waals surface area contributed by atoms with Crippen molar-refractivity contribution in [3.05, 3.63) is 71.1 Å². The van der Waals surface area contributed by atoms with Crippen LogP contribution < -0.4 is 5.32 Å². The smallest absolute Gasteiger partial charge is 0.329 e. The summed E-state index contributed by atoms with van der Waals surface area (Å²) in [4.78, 5) is 50.7. The lowest BCUT2D eigenvalue weighted by molar-refractivity contribution is -0.160. The molecule has 0 saturated carbocycles. The Morgan fingerprint density at radius 1 is 1.17 bits per heavy atom. The Kier molecular flexibility index (Phi) is 7.18. The van der Waals surface area contributed by atoms with Crippen molar-refractivity contribution in [2.45, 2.75) is 23.0 Å². The van der Waals surface area contributed by atoms with Gasteiger partial charge >= 0.3 is 5.97 Å². The molecule has 2 aromatic carbocycles. The summed E-state index contributed by atoms with van der Waals surface area (Å²) in [6.07, 6.45) is 0. The van der Waals surface area contributed by atoms with E-state index in [0.29, 0.717) is 11.3 Å². The molecule has 1 fully saturated rings. The van der Waals surface area contributed by atoms with E-state index < -0.39 is 35.9 Å². The third-order valence-electron chi connectivity index (χ3n) is 4.75. The van der Waals surface area contributed by atoms with Crippen molar-refractivity contribution in [3.63, 3.8) is 0 Å². The van der Waals surface area contributed by atoms with Gasteiger partial charge in [-0.05, 0) is 17.7 Å². The molecule has 30 heavy (non-hydrogen) atoms. The van der Waals surface area contributed by atoms with Crippen molar-refractivity contribution in [3.8, 4) is 0 Å². The molecule has 2 aromatic rings. The zero-order chi connectivity index (χ0) is 21.5. The molecule has 0 radical (unpaired) electrons. The largest absolute Gasteiger partial charge is 0.467 e. The van der Waals surface area contributed by atoms with Gasteiger partial charge in [0, 0.05) is 10.6 Å². The van der Waals surface area contributed by atoms with Crippen LogP contribution in [-0.4, -0.2) is 54.2 Å². The second kappa shape index (κ2) is 10.0. The van der Waals surface area contributed by atoms with Crippen molar-refractivity contribution >= 4 is 29.5 Å². The normalized spacial score (nSPS) is 17.4. The third-order valence-corrected chi connectivity index (χ3v) is 5.83. The first-order valence-corrected chi connectivity index (χ1v) is 10.3. The lowest BCUT2D eigenvalue weighted by atomic mass is 10.0. The fraction of sp³-hybridized carbons (Fsp3) is 0.286. The van der Waals surface area contributed by atoms with E-state index >= 15 is 0 Å². The van der Waals surface area contributed by atoms with Gasteiger partial charge in [-0.1, -0.05) is 53.7 Å². The second-order valence-electron chi connectivity index (χ2n) is 6.63. The topological polar surface area (TPSA) is 105 Å². The highest BCUT2D eigenvalue weighted by molar-refractivity contribution is 7.99. The number of nitrogens with zero attached hydrogens (tertiary/aromatic N) is 2. The minimum absolute atomic E-state index is 0.153. The van der Waals surface area contributed by atoms with E-state index in [4.69, 9.17) is 4.74 Å². The average molecular weight is 427 g/mol. The number of esters is 1. The molecule has 0 aromatic heterocycles. The summed E-state index contributed by atoms with van der Waals surface area (Å²) in [6, 6.07) is 15.1. The molecule has 3 unspecified atom stereocenters. The number of carbonyl (C=O) groups is 3. The molecule has 9 heteroatoms. The molecule has 1 aliphatic heterocycles. The number of benzene rings is 2. The first-order chi connectivity index (χ1) is 14.5. The van der Waals surface area contributed by atoms with Crippen LogP contribution in [0.15, 0.2) is 70.7 Å². The first kappa shape index (κ1) is 21.5.